The van der Waals surface area contributed by atoms with Gasteiger partial charge in [0.05, 0.1) is 26.5 Å². The number of hydrogen-bond acceptors (Lipinski definition) is 6. The van der Waals surface area contributed by atoms with Crippen molar-refractivity contribution in [3.05, 3.63) is 71.8 Å². The Morgan fingerprint density at radius 2 is 1.76 bits per heavy atom. The monoisotopic (exact) mass is 462 g/mol. The Morgan fingerprint density at radius 1 is 1.00 bits per heavy atom. The Kier molecular flexibility index (Phi) is 6.87. The average Bonchev–Trinajstić information content (AvgIpc) is 2.86. The molecule has 0 unspecified atom stereocenters. The van der Waals surface area contributed by atoms with Crippen LogP contribution in [0.4, 0.5) is 11.4 Å². The van der Waals surface area contributed by atoms with Crippen molar-refractivity contribution >= 4 is 23.2 Å². The number of benzene rings is 3. The molecule has 0 saturated carbocycles. The molecule has 2 amide bonds. The van der Waals surface area contributed by atoms with Gasteiger partial charge in [0.25, 0.3) is 11.8 Å². The quantitative estimate of drug-likeness (QED) is 0.543. The fraction of sp³-hybridized carbons (Fsp3) is 0.231. The van der Waals surface area contributed by atoms with Crippen molar-refractivity contribution in [2.75, 3.05) is 44.2 Å². The molecule has 34 heavy (non-hydrogen) atoms. The molecule has 0 fully saturated rings. The number of anilines is 2. The molecule has 1 N–H and O–H groups in total. The second-order valence-corrected chi connectivity index (χ2v) is 7.70. The molecule has 0 saturated heterocycles. The summed E-state index contributed by atoms with van der Waals surface area (Å²) in [6.45, 7) is 2.65. The molecule has 1 aliphatic heterocycles. The van der Waals surface area contributed by atoms with Crippen molar-refractivity contribution in [3.63, 3.8) is 0 Å². The largest absolute Gasteiger partial charge is 0.493 e. The molecule has 0 aliphatic carbocycles. The lowest BCUT2D eigenvalue weighted by Gasteiger charge is -2.29. The number of amides is 2. The van der Waals surface area contributed by atoms with Crippen LogP contribution in [0.15, 0.2) is 60.7 Å². The second kappa shape index (κ2) is 10.2. The van der Waals surface area contributed by atoms with Gasteiger partial charge < -0.3 is 29.2 Å². The summed E-state index contributed by atoms with van der Waals surface area (Å²) >= 11 is 0. The van der Waals surface area contributed by atoms with Gasteiger partial charge in [-0.05, 0) is 49.4 Å². The van der Waals surface area contributed by atoms with Gasteiger partial charge in [0.2, 0.25) is 0 Å². The van der Waals surface area contributed by atoms with E-state index in [1.807, 2.05) is 31.2 Å². The first-order valence-corrected chi connectivity index (χ1v) is 10.8. The highest BCUT2D eigenvalue weighted by molar-refractivity contribution is 6.05. The van der Waals surface area contributed by atoms with Crippen LogP contribution in [-0.4, -0.2) is 45.8 Å². The Balaban J connectivity index is 1.44. The van der Waals surface area contributed by atoms with Crippen LogP contribution in [0.5, 0.6) is 23.0 Å². The highest BCUT2D eigenvalue weighted by Crippen LogP contribution is 2.35. The summed E-state index contributed by atoms with van der Waals surface area (Å²) in [6, 6.07) is 17.9. The van der Waals surface area contributed by atoms with Gasteiger partial charge in [0.1, 0.15) is 18.1 Å². The maximum atomic E-state index is 12.7. The predicted octanol–water partition coefficient (Wildman–Crippen LogP) is 4.07. The van der Waals surface area contributed by atoms with Gasteiger partial charge in [-0.15, -0.1) is 0 Å². The minimum Gasteiger partial charge on any atom is -0.493 e. The van der Waals surface area contributed by atoms with Gasteiger partial charge in [-0.3, -0.25) is 9.59 Å². The molecule has 1 aliphatic rings. The normalized spacial score (nSPS) is 12.4. The van der Waals surface area contributed by atoms with Crippen LogP contribution in [0.25, 0.3) is 0 Å². The van der Waals surface area contributed by atoms with Gasteiger partial charge in [-0.1, -0.05) is 17.7 Å². The van der Waals surface area contributed by atoms with E-state index in [9.17, 15) is 9.59 Å². The fourth-order valence-corrected chi connectivity index (χ4v) is 3.60. The van der Waals surface area contributed by atoms with Crippen molar-refractivity contribution in [2.45, 2.75) is 6.92 Å². The highest BCUT2D eigenvalue weighted by Gasteiger charge is 2.26. The van der Waals surface area contributed by atoms with E-state index in [4.69, 9.17) is 18.9 Å². The molecule has 3 aromatic carbocycles. The number of nitrogens with zero attached hydrogens (tertiary/aromatic N) is 1. The number of nitrogens with one attached hydrogen (secondary N) is 1. The second-order valence-electron chi connectivity index (χ2n) is 7.70. The molecule has 8 heteroatoms. The molecular weight excluding hydrogens is 436 g/mol. The van der Waals surface area contributed by atoms with Crippen molar-refractivity contribution < 1.29 is 28.5 Å². The zero-order chi connectivity index (χ0) is 24.1. The third-order valence-electron chi connectivity index (χ3n) is 5.41. The summed E-state index contributed by atoms with van der Waals surface area (Å²) in [4.78, 5) is 26.8. The molecule has 0 spiro atoms. The Morgan fingerprint density at radius 3 is 2.50 bits per heavy atom. The van der Waals surface area contributed by atoms with Gasteiger partial charge in [0.15, 0.2) is 18.1 Å². The molecule has 176 valence electrons. The number of fused-ring (bicyclic) bond motifs is 1. The van der Waals surface area contributed by atoms with Crippen molar-refractivity contribution in [1.82, 2.24) is 0 Å². The first kappa shape index (κ1) is 23.0. The van der Waals surface area contributed by atoms with Crippen LogP contribution in [0.2, 0.25) is 0 Å². The minimum atomic E-state index is -0.309. The molecule has 0 bridgehead atoms. The van der Waals surface area contributed by atoms with E-state index in [0.717, 1.165) is 11.3 Å². The third kappa shape index (κ3) is 5.06. The molecule has 3 aromatic rings. The standard InChI is InChI=1S/C26H26N2O6/c1-17-4-8-20(9-5-17)33-13-12-28-21-10-7-19(15-23(21)34-16-25(28)29)27-26(30)18-6-11-22(31-2)24(14-18)32-3/h4-11,14-15H,12-13,16H2,1-3H3,(H,27,30). The fourth-order valence-electron chi connectivity index (χ4n) is 3.60. The summed E-state index contributed by atoms with van der Waals surface area (Å²) in [5, 5.41) is 2.85. The van der Waals surface area contributed by atoms with Gasteiger partial charge in [-0.2, -0.15) is 0 Å². The minimum absolute atomic E-state index is 0.0788. The van der Waals surface area contributed by atoms with E-state index >= 15 is 0 Å². The number of hydrogen-bond donors (Lipinski definition) is 1. The van der Waals surface area contributed by atoms with Crippen molar-refractivity contribution in [1.29, 1.82) is 0 Å². The van der Waals surface area contributed by atoms with Gasteiger partial charge in [0, 0.05) is 17.3 Å². The summed E-state index contributed by atoms with van der Waals surface area (Å²) in [5.41, 5.74) is 2.75. The van der Waals surface area contributed by atoms with Crippen LogP contribution in [0.1, 0.15) is 15.9 Å². The van der Waals surface area contributed by atoms with E-state index in [1.54, 1.807) is 41.3 Å². The first-order valence-electron chi connectivity index (χ1n) is 10.8. The molecule has 0 atom stereocenters. The summed E-state index contributed by atoms with van der Waals surface area (Å²) in [7, 11) is 3.05. The van der Waals surface area contributed by atoms with Gasteiger partial charge in [-0.25, -0.2) is 0 Å². The van der Waals surface area contributed by atoms with Crippen LogP contribution in [-0.2, 0) is 4.79 Å². The number of carbonyl (C=O) groups is 2. The molecule has 1 heterocycles. The zero-order valence-electron chi connectivity index (χ0n) is 19.3. The average molecular weight is 463 g/mol. The lowest BCUT2D eigenvalue weighted by Crippen LogP contribution is -2.41. The zero-order valence-corrected chi connectivity index (χ0v) is 19.3. The van der Waals surface area contributed by atoms with E-state index in [2.05, 4.69) is 5.32 Å². The highest BCUT2D eigenvalue weighted by atomic mass is 16.5. The van der Waals surface area contributed by atoms with Crippen LogP contribution < -0.4 is 29.2 Å². The lowest BCUT2D eigenvalue weighted by atomic mass is 10.1. The van der Waals surface area contributed by atoms with Crippen molar-refractivity contribution in [2.24, 2.45) is 0 Å². The molecule has 0 aromatic heterocycles. The van der Waals surface area contributed by atoms with Crippen LogP contribution in [0, 0.1) is 6.92 Å². The van der Waals surface area contributed by atoms with Crippen LogP contribution >= 0.6 is 0 Å². The number of methoxy groups -OCH3 is 2. The topological polar surface area (TPSA) is 86.3 Å². The number of ether oxygens (including phenoxy) is 4. The first-order chi connectivity index (χ1) is 16.5. The third-order valence-corrected chi connectivity index (χ3v) is 5.41. The Bertz CT molecular complexity index is 1190. The van der Waals surface area contributed by atoms with E-state index in [-0.39, 0.29) is 18.4 Å². The Hall–Kier alpha value is -4.20. The maximum absolute atomic E-state index is 12.7. The van der Waals surface area contributed by atoms with E-state index < -0.39 is 0 Å². The number of rotatable bonds is 8. The molecule has 0 radical (unpaired) electrons. The summed E-state index contributed by atoms with van der Waals surface area (Å²) in [5.74, 6) is 1.81. The molecular formula is C26H26N2O6. The van der Waals surface area contributed by atoms with E-state index in [0.29, 0.717) is 47.3 Å². The lowest BCUT2D eigenvalue weighted by molar-refractivity contribution is -0.121. The summed E-state index contributed by atoms with van der Waals surface area (Å²) < 4.78 is 21.9. The predicted molar refractivity (Wildman–Crippen MR) is 128 cm³/mol. The van der Waals surface area contributed by atoms with E-state index in [1.165, 1.54) is 14.2 Å². The van der Waals surface area contributed by atoms with Crippen LogP contribution in [0.3, 0.4) is 0 Å². The SMILES string of the molecule is COc1ccc(C(=O)Nc2ccc3c(c2)OCC(=O)N3CCOc2ccc(C)cc2)cc1OC. The maximum Gasteiger partial charge on any atom is 0.265 e. The van der Waals surface area contributed by atoms with Crippen molar-refractivity contribution in [3.8, 4) is 23.0 Å². The molecule has 8 nitrogen and oxygen atoms in total. The molecule has 4 rings (SSSR count). The summed E-state index contributed by atoms with van der Waals surface area (Å²) in [6.07, 6.45) is 0. The number of aryl methyl sites for hydroxylation is 1. The Labute approximate surface area is 198 Å². The number of carbonyl (C=O) groups excluding carboxylic acids is 2. The smallest absolute Gasteiger partial charge is 0.265 e. The van der Waals surface area contributed by atoms with Gasteiger partial charge >= 0.3 is 0 Å².